The van der Waals surface area contributed by atoms with Crippen molar-refractivity contribution in [1.29, 1.82) is 0 Å². The van der Waals surface area contributed by atoms with Crippen LogP contribution in [0, 0.1) is 6.92 Å². The van der Waals surface area contributed by atoms with E-state index in [1.54, 1.807) is 10.6 Å². The number of ether oxygens (including phenoxy) is 1. The number of hydrogen-bond donors (Lipinski definition) is 0. The molecule has 0 radical (unpaired) electrons. The molecule has 2 fully saturated rings. The van der Waals surface area contributed by atoms with E-state index in [4.69, 9.17) is 4.74 Å². The number of rotatable bonds is 4. The molecule has 0 unspecified atom stereocenters. The fourth-order valence-electron chi connectivity index (χ4n) is 4.57. The Labute approximate surface area is 161 Å². The Bertz CT molecular complexity index is 826. The molecular weight excluding hydrogens is 336 g/mol. The first-order valence-corrected chi connectivity index (χ1v) is 10.3. The second-order valence-corrected chi connectivity index (χ2v) is 8.05. The monoisotopic (exact) mass is 366 g/mol. The minimum atomic E-state index is 0.0279. The van der Waals surface area contributed by atoms with E-state index in [0.29, 0.717) is 6.10 Å². The van der Waals surface area contributed by atoms with Gasteiger partial charge in [-0.1, -0.05) is 25.0 Å². The Balaban J connectivity index is 1.37. The van der Waals surface area contributed by atoms with Crippen molar-refractivity contribution in [2.75, 3.05) is 13.1 Å². The van der Waals surface area contributed by atoms with E-state index < -0.39 is 0 Å². The van der Waals surface area contributed by atoms with Gasteiger partial charge in [-0.25, -0.2) is 0 Å². The predicted octanol–water partition coefficient (Wildman–Crippen LogP) is 4.15. The first-order chi connectivity index (χ1) is 13.1. The molecule has 2 heterocycles. The lowest BCUT2D eigenvalue weighted by molar-refractivity contribution is 0.0768. The van der Waals surface area contributed by atoms with Crippen molar-refractivity contribution in [1.82, 2.24) is 9.47 Å². The van der Waals surface area contributed by atoms with Crippen LogP contribution in [0.15, 0.2) is 41.2 Å². The summed E-state index contributed by atoms with van der Waals surface area (Å²) in [4.78, 5) is 14.4. The van der Waals surface area contributed by atoms with Crippen molar-refractivity contribution in [3.05, 3.63) is 52.4 Å². The Morgan fingerprint density at radius 3 is 2.26 bits per heavy atom. The summed E-state index contributed by atoms with van der Waals surface area (Å²) in [6, 6.07) is 12.7. The third kappa shape index (κ3) is 3.96. The molecule has 1 aromatic heterocycles. The molecule has 144 valence electrons. The SMILES string of the molecule is Cc1c(-c2ccc(OC3CCN(C4CCCC4)CC3)cc2)ccc(=O)n1C. The van der Waals surface area contributed by atoms with Crippen LogP contribution < -0.4 is 10.3 Å². The van der Waals surface area contributed by atoms with Crippen LogP contribution in [0.3, 0.4) is 0 Å². The number of likely N-dealkylation sites (tertiary alicyclic amines) is 1. The summed E-state index contributed by atoms with van der Waals surface area (Å²) in [5.41, 5.74) is 3.22. The van der Waals surface area contributed by atoms with Gasteiger partial charge in [0.25, 0.3) is 0 Å². The number of benzene rings is 1. The molecule has 2 aliphatic rings. The quantitative estimate of drug-likeness (QED) is 0.815. The summed E-state index contributed by atoms with van der Waals surface area (Å²) in [5, 5.41) is 0. The van der Waals surface area contributed by atoms with Crippen LogP contribution in [0.1, 0.15) is 44.2 Å². The molecule has 1 aliphatic carbocycles. The highest BCUT2D eigenvalue weighted by molar-refractivity contribution is 5.66. The zero-order valence-corrected chi connectivity index (χ0v) is 16.5. The molecule has 4 nitrogen and oxygen atoms in total. The normalized spacial score (nSPS) is 19.5. The molecule has 4 rings (SSSR count). The average molecular weight is 367 g/mol. The van der Waals surface area contributed by atoms with Crippen LogP contribution in [0.4, 0.5) is 0 Å². The Hall–Kier alpha value is -2.07. The summed E-state index contributed by atoms with van der Waals surface area (Å²) in [6.07, 6.45) is 8.16. The van der Waals surface area contributed by atoms with E-state index in [9.17, 15) is 4.79 Å². The topological polar surface area (TPSA) is 34.5 Å². The van der Waals surface area contributed by atoms with Crippen LogP contribution in [0.5, 0.6) is 5.75 Å². The maximum atomic E-state index is 11.7. The van der Waals surface area contributed by atoms with E-state index >= 15 is 0 Å². The highest BCUT2D eigenvalue weighted by atomic mass is 16.5. The van der Waals surface area contributed by atoms with Crippen molar-refractivity contribution < 1.29 is 4.74 Å². The number of piperidine rings is 1. The highest BCUT2D eigenvalue weighted by Crippen LogP contribution is 2.29. The summed E-state index contributed by atoms with van der Waals surface area (Å²) < 4.78 is 7.94. The molecule has 0 spiro atoms. The molecule has 0 N–H and O–H groups in total. The second-order valence-electron chi connectivity index (χ2n) is 8.05. The van der Waals surface area contributed by atoms with Gasteiger partial charge in [0, 0.05) is 43.5 Å². The van der Waals surface area contributed by atoms with Gasteiger partial charge in [0.15, 0.2) is 0 Å². The van der Waals surface area contributed by atoms with E-state index in [-0.39, 0.29) is 5.56 Å². The zero-order valence-electron chi connectivity index (χ0n) is 16.5. The van der Waals surface area contributed by atoms with Gasteiger partial charge in [0.2, 0.25) is 5.56 Å². The van der Waals surface area contributed by atoms with Gasteiger partial charge in [-0.05, 0) is 56.4 Å². The maximum absolute atomic E-state index is 11.7. The largest absolute Gasteiger partial charge is 0.490 e. The molecule has 1 saturated heterocycles. The summed E-state index contributed by atoms with van der Waals surface area (Å²) in [7, 11) is 1.82. The van der Waals surface area contributed by atoms with Crippen LogP contribution in [0.2, 0.25) is 0 Å². The lowest BCUT2D eigenvalue weighted by Gasteiger charge is -2.36. The molecule has 1 saturated carbocycles. The molecular formula is C23H30N2O2. The van der Waals surface area contributed by atoms with Crippen molar-refractivity contribution in [3.8, 4) is 16.9 Å². The maximum Gasteiger partial charge on any atom is 0.250 e. The first-order valence-electron chi connectivity index (χ1n) is 10.3. The van der Waals surface area contributed by atoms with Crippen molar-refractivity contribution in [3.63, 3.8) is 0 Å². The minimum Gasteiger partial charge on any atom is -0.490 e. The summed E-state index contributed by atoms with van der Waals surface area (Å²) >= 11 is 0. The smallest absolute Gasteiger partial charge is 0.250 e. The molecule has 1 aromatic carbocycles. The third-order valence-electron chi connectivity index (χ3n) is 6.40. The fourth-order valence-corrected chi connectivity index (χ4v) is 4.57. The number of hydrogen-bond acceptors (Lipinski definition) is 3. The van der Waals surface area contributed by atoms with E-state index in [1.807, 2.05) is 20.0 Å². The average Bonchev–Trinajstić information content (AvgIpc) is 3.23. The van der Waals surface area contributed by atoms with E-state index in [2.05, 4.69) is 29.2 Å². The number of nitrogens with zero attached hydrogens (tertiary/aromatic N) is 2. The van der Waals surface area contributed by atoms with Crippen molar-refractivity contribution in [2.24, 2.45) is 7.05 Å². The molecule has 0 bridgehead atoms. The first kappa shape index (κ1) is 18.3. The van der Waals surface area contributed by atoms with Gasteiger partial charge in [-0.15, -0.1) is 0 Å². The highest BCUT2D eigenvalue weighted by Gasteiger charge is 2.27. The van der Waals surface area contributed by atoms with E-state index in [1.165, 1.54) is 38.8 Å². The van der Waals surface area contributed by atoms with Crippen LogP contribution in [-0.2, 0) is 7.05 Å². The molecule has 0 amide bonds. The molecule has 0 atom stereocenters. The van der Waals surface area contributed by atoms with E-state index in [0.717, 1.165) is 41.5 Å². The van der Waals surface area contributed by atoms with Gasteiger partial charge in [-0.2, -0.15) is 0 Å². The summed E-state index contributed by atoms with van der Waals surface area (Å²) in [5.74, 6) is 0.945. The molecule has 4 heteroatoms. The zero-order chi connectivity index (χ0) is 18.8. The lowest BCUT2D eigenvalue weighted by atomic mass is 10.0. The fraction of sp³-hybridized carbons (Fsp3) is 0.522. The van der Waals surface area contributed by atoms with Crippen molar-refractivity contribution >= 4 is 0 Å². The van der Waals surface area contributed by atoms with Gasteiger partial charge in [0.05, 0.1) is 0 Å². The van der Waals surface area contributed by atoms with Gasteiger partial charge in [0.1, 0.15) is 11.9 Å². The standard InChI is InChI=1S/C23H30N2O2/c1-17-22(11-12-23(26)24(17)2)18-7-9-20(10-8-18)27-21-13-15-25(16-14-21)19-5-3-4-6-19/h7-12,19,21H,3-6,13-16H2,1-2H3. The van der Waals surface area contributed by atoms with Gasteiger partial charge >= 0.3 is 0 Å². The van der Waals surface area contributed by atoms with Crippen molar-refractivity contribution in [2.45, 2.75) is 57.6 Å². The number of pyridine rings is 1. The predicted molar refractivity (Wildman–Crippen MR) is 109 cm³/mol. The molecule has 1 aliphatic heterocycles. The number of aromatic nitrogens is 1. The van der Waals surface area contributed by atoms with Gasteiger partial charge in [-0.3, -0.25) is 4.79 Å². The van der Waals surface area contributed by atoms with Gasteiger partial charge < -0.3 is 14.2 Å². The Kier molecular flexibility index (Phi) is 5.35. The molecule has 27 heavy (non-hydrogen) atoms. The Morgan fingerprint density at radius 1 is 0.926 bits per heavy atom. The third-order valence-corrected chi connectivity index (χ3v) is 6.40. The lowest BCUT2D eigenvalue weighted by Crippen LogP contribution is -2.43. The van der Waals surface area contributed by atoms with Crippen LogP contribution in [0.25, 0.3) is 11.1 Å². The minimum absolute atomic E-state index is 0.0279. The second kappa shape index (κ2) is 7.89. The van der Waals surface area contributed by atoms with Crippen LogP contribution in [-0.4, -0.2) is 34.7 Å². The summed E-state index contributed by atoms with van der Waals surface area (Å²) in [6.45, 7) is 4.33. The van der Waals surface area contributed by atoms with Crippen LogP contribution >= 0.6 is 0 Å². The Morgan fingerprint density at radius 2 is 1.59 bits per heavy atom. The molecule has 2 aromatic rings.